The van der Waals surface area contributed by atoms with Gasteiger partial charge in [-0.2, -0.15) is 0 Å². The predicted molar refractivity (Wildman–Crippen MR) is 94.1 cm³/mol. The summed E-state index contributed by atoms with van der Waals surface area (Å²) in [5.74, 6) is -0.599. The molecule has 1 heterocycles. The van der Waals surface area contributed by atoms with E-state index in [1.165, 1.54) is 32.1 Å². The van der Waals surface area contributed by atoms with Crippen LogP contribution in [0.5, 0.6) is 5.75 Å². The number of carboxylic acid groups (broad SMARTS) is 1. The lowest BCUT2D eigenvalue weighted by atomic mass is 10.0. The van der Waals surface area contributed by atoms with E-state index in [4.69, 9.17) is 9.72 Å². The van der Waals surface area contributed by atoms with E-state index in [0.717, 1.165) is 35.0 Å². The molecule has 0 aliphatic carbocycles. The van der Waals surface area contributed by atoms with Gasteiger partial charge in [0.05, 0.1) is 11.5 Å². The van der Waals surface area contributed by atoms with Crippen LogP contribution in [0.3, 0.4) is 0 Å². The molecular weight excluding hydrogens is 302 g/mol. The summed E-state index contributed by atoms with van der Waals surface area (Å²) in [7, 11) is 0. The molecule has 0 saturated heterocycles. The summed E-state index contributed by atoms with van der Waals surface area (Å²) in [6.07, 6.45) is 8.29. The number of para-hydroxylation sites is 1. The normalized spacial score (nSPS) is 10.9. The van der Waals surface area contributed by atoms with Gasteiger partial charge in [-0.25, -0.2) is 0 Å². The molecule has 0 N–H and O–H groups in total. The molecular formula is C20H26NO3-. The molecule has 1 aromatic carbocycles. The first-order valence-electron chi connectivity index (χ1n) is 8.84. The number of rotatable bonds is 10. The SMILES string of the molecule is CCCCCCCCc1nc2ccccc2c(OCC(=O)[O-])c1C. The van der Waals surface area contributed by atoms with Crippen LogP contribution >= 0.6 is 0 Å². The van der Waals surface area contributed by atoms with E-state index in [9.17, 15) is 9.90 Å². The molecule has 0 aliphatic rings. The summed E-state index contributed by atoms with van der Waals surface area (Å²) in [6.45, 7) is 3.73. The maximum absolute atomic E-state index is 10.8. The highest BCUT2D eigenvalue weighted by molar-refractivity contribution is 5.87. The molecule has 0 spiro atoms. The van der Waals surface area contributed by atoms with E-state index in [-0.39, 0.29) is 0 Å². The molecule has 0 radical (unpaired) electrons. The number of carbonyl (C=O) groups excluding carboxylic acids is 1. The number of hydrogen-bond donors (Lipinski definition) is 0. The molecule has 0 atom stereocenters. The highest BCUT2D eigenvalue weighted by Gasteiger charge is 2.12. The van der Waals surface area contributed by atoms with E-state index in [1.807, 2.05) is 31.2 Å². The molecule has 0 bridgehead atoms. The molecule has 0 saturated carbocycles. The fourth-order valence-electron chi connectivity index (χ4n) is 2.96. The Balaban J connectivity index is 2.14. The third-order valence-corrected chi connectivity index (χ3v) is 4.28. The monoisotopic (exact) mass is 328 g/mol. The molecule has 0 fully saturated rings. The number of nitrogens with zero attached hydrogens (tertiary/aromatic N) is 1. The Morgan fingerprint density at radius 2 is 1.83 bits per heavy atom. The number of fused-ring (bicyclic) bond motifs is 1. The molecule has 2 aromatic rings. The van der Waals surface area contributed by atoms with Gasteiger partial charge in [-0.1, -0.05) is 51.2 Å². The Labute approximate surface area is 143 Å². The molecule has 2 rings (SSSR count). The third kappa shape index (κ3) is 4.95. The number of aromatic nitrogens is 1. The average Bonchev–Trinajstić information content (AvgIpc) is 2.57. The van der Waals surface area contributed by atoms with Crippen molar-refractivity contribution in [3.05, 3.63) is 35.5 Å². The van der Waals surface area contributed by atoms with Crippen molar-refractivity contribution in [2.24, 2.45) is 0 Å². The van der Waals surface area contributed by atoms with E-state index >= 15 is 0 Å². The van der Waals surface area contributed by atoms with Crippen LogP contribution < -0.4 is 9.84 Å². The predicted octanol–water partition coefficient (Wildman–Crippen LogP) is 3.57. The number of hydrogen-bond acceptors (Lipinski definition) is 4. The molecule has 1 aromatic heterocycles. The quantitative estimate of drug-likeness (QED) is 0.625. The Bertz CT molecular complexity index is 682. The lowest BCUT2D eigenvalue weighted by Gasteiger charge is -2.16. The first-order valence-corrected chi connectivity index (χ1v) is 8.84. The van der Waals surface area contributed by atoms with Gasteiger partial charge in [0, 0.05) is 16.6 Å². The van der Waals surface area contributed by atoms with E-state index in [1.54, 1.807) is 0 Å². The van der Waals surface area contributed by atoms with Crippen molar-refractivity contribution in [1.29, 1.82) is 0 Å². The zero-order valence-electron chi connectivity index (χ0n) is 14.6. The average molecular weight is 328 g/mol. The van der Waals surface area contributed by atoms with Crippen molar-refractivity contribution in [3.8, 4) is 5.75 Å². The maximum Gasteiger partial charge on any atom is 0.133 e. The third-order valence-electron chi connectivity index (χ3n) is 4.28. The van der Waals surface area contributed by atoms with Crippen molar-refractivity contribution in [2.45, 2.75) is 58.8 Å². The number of carbonyl (C=O) groups is 1. The number of benzene rings is 1. The number of pyridine rings is 1. The number of unbranched alkanes of at least 4 members (excludes halogenated alkanes) is 5. The molecule has 4 heteroatoms. The first-order chi connectivity index (χ1) is 11.6. The fraction of sp³-hybridized carbons (Fsp3) is 0.500. The summed E-state index contributed by atoms with van der Waals surface area (Å²) in [6, 6.07) is 7.68. The van der Waals surface area contributed by atoms with Crippen LogP contribution in [0.25, 0.3) is 10.9 Å². The minimum atomic E-state index is -1.22. The fourth-order valence-corrected chi connectivity index (χ4v) is 2.96. The van der Waals surface area contributed by atoms with Crippen molar-refractivity contribution < 1.29 is 14.6 Å². The molecule has 130 valence electrons. The lowest BCUT2D eigenvalue weighted by Crippen LogP contribution is -2.29. The van der Waals surface area contributed by atoms with Crippen LogP contribution in [0, 0.1) is 6.92 Å². The zero-order valence-corrected chi connectivity index (χ0v) is 14.6. The van der Waals surface area contributed by atoms with Gasteiger partial charge in [-0.15, -0.1) is 0 Å². The Hall–Kier alpha value is -2.10. The van der Waals surface area contributed by atoms with Crippen molar-refractivity contribution >= 4 is 16.9 Å². The summed E-state index contributed by atoms with van der Waals surface area (Å²) in [4.78, 5) is 15.5. The van der Waals surface area contributed by atoms with Gasteiger partial charge in [-0.3, -0.25) is 4.98 Å². The van der Waals surface area contributed by atoms with E-state index in [2.05, 4.69) is 6.92 Å². The van der Waals surface area contributed by atoms with Gasteiger partial charge in [0.1, 0.15) is 12.4 Å². The molecule has 4 nitrogen and oxygen atoms in total. The smallest absolute Gasteiger partial charge is 0.133 e. The summed E-state index contributed by atoms with van der Waals surface area (Å²) in [5, 5.41) is 11.6. The van der Waals surface area contributed by atoms with Gasteiger partial charge in [0.2, 0.25) is 0 Å². The summed E-state index contributed by atoms with van der Waals surface area (Å²) < 4.78 is 5.51. The zero-order chi connectivity index (χ0) is 17.4. The highest BCUT2D eigenvalue weighted by atomic mass is 16.5. The second kappa shape index (κ2) is 9.26. The van der Waals surface area contributed by atoms with Crippen LogP contribution in [0.15, 0.2) is 24.3 Å². The molecule has 0 aliphatic heterocycles. The second-order valence-corrected chi connectivity index (χ2v) is 6.21. The van der Waals surface area contributed by atoms with Crippen molar-refractivity contribution in [1.82, 2.24) is 4.98 Å². The molecule has 0 amide bonds. The Morgan fingerprint density at radius 1 is 1.12 bits per heavy atom. The van der Waals surface area contributed by atoms with Crippen LogP contribution in [-0.2, 0) is 11.2 Å². The van der Waals surface area contributed by atoms with Gasteiger partial charge < -0.3 is 14.6 Å². The molecule has 0 unspecified atom stereocenters. The number of aliphatic carboxylic acids is 1. The van der Waals surface area contributed by atoms with Gasteiger partial charge in [0.25, 0.3) is 0 Å². The Kier molecular flexibility index (Phi) is 7.04. The van der Waals surface area contributed by atoms with Crippen LogP contribution in [0.1, 0.15) is 56.7 Å². The van der Waals surface area contributed by atoms with Crippen LogP contribution in [0.2, 0.25) is 0 Å². The first kappa shape index (κ1) is 18.2. The topological polar surface area (TPSA) is 62.2 Å². The number of carboxylic acids is 1. The number of ether oxygens (including phenoxy) is 1. The maximum atomic E-state index is 10.8. The van der Waals surface area contributed by atoms with E-state index in [0.29, 0.717) is 5.75 Å². The lowest BCUT2D eigenvalue weighted by molar-refractivity contribution is -0.307. The minimum Gasteiger partial charge on any atom is -0.546 e. The van der Waals surface area contributed by atoms with Crippen LogP contribution in [-0.4, -0.2) is 17.6 Å². The van der Waals surface area contributed by atoms with Gasteiger partial charge >= 0.3 is 0 Å². The summed E-state index contributed by atoms with van der Waals surface area (Å²) in [5.41, 5.74) is 2.78. The van der Waals surface area contributed by atoms with Gasteiger partial charge in [0.15, 0.2) is 0 Å². The minimum absolute atomic E-state index is 0.439. The Morgan fingerprint density at radius 3 is 2.58 bits per heavy atom. The second-order valence-electron chi connectivity index (χ2n) is 6.21. The van der Waals surface area contributed by atoms with Crippen LogP contribution in [0.4, 0.5) is 0 Å². The molecule has 24 heavy (non-hydrogen) atoms. The highest BCUT2D eigenvalue weighted by Crippen LogP contribution is 2.31. The largest absolute Gasteiger partial charge is 0.546 e. The van der Waals surface area contributed by atoms with Crippen molar-refractivity contribution in [2.75, 3.05) is 6.61 Å². The van der Waals surface area contributed by atoms with Crippen molar-refractivity contribution in [3.63, 3.8) is 0 Å². The standard InChI is InChI=1S/C20H27NO3/c1-3-4-5-6-7-8-12-17-15(2)20(24-14-19(22)23)16-11-9-10-13-18(16)21-17/h9-11,13H,3-8,12,14H2,1-2H3,(H,22,23)/p-1. The summed E-state index contributed by atoms with van der Waals surface area (Å²) >= 11 is 0. The number of aryl methyl sites for hydroxylation is 1. The van der Waals surface area contributed by atoms with Gasteiger partial charge in [-0.05, 0) is 31.9 Å². The van der Waals surface area contributed by atoms with E-state index < -0.39 is 12.6 Å².